The van der Waals surface area contributed by atoms with Gasteiger partial charge in [0.25, 0.3) is 0 Å². The maximum absolute atomic E-state index is 11.7. The average Bonchev–Trinajstić information content (AvgIpc) is 2.87. The first-order chi connectivity index (χ1) is 11.7. The molecule has 0 aromatic heterocycles. The third-order valence-electron chi connectivity index (χ3n) is 5.46. The fourth-order valence-corrected chi connectivity index (χ4v) is 3.33. The summed E-state index contributed by atoms with van der Waals surface area (Å²) in [4.78, 5) is 23.0. The van der Waals surface area contributed by atoms with Crippen molar-refractivity contribution >= 4 is 11.9 Å². The highest BCUT2D eigenvalue weighted by Crippen LogP contribution is 2.41. The fourth-order valence-electron chi connectivity index (χ4n) is 3.33. The number of hydrogen-bond acceptors (Lipinski definition) is 4. The lowest BCUT2D eigenvalue weighted by Gasteiger charge is -2.36. The van der Waals surface area contributed by atoms with E-state index in [1.54, 1.807) is 12.2 Å². The molecule has 1 unspecified atom stereocenters. The Balaban J connectivity index is 2.13. The summed E-state index contributed by atoms with van der Waals surface area (Å²) in [6.45, 7) is 8.26. The molecule has 0 amide bonds. The molecule has 1 aliphatic carbocycles. The molecule has 0 bridgehead atoms. The number of esters is 1. The topological polar surface area (TPSA) is 83.8 Å². The lowest BCUT2D eigenvalue weighted by Crippen LogP contribution is -2.26. The molecule has 2 N–H and O–H groups in total. The molecule has 0 saturated carbocycles. The van der Waals surface area contributed by atoms with E-state index in [9.17, 15) is 19.8 Å². The molecule has 25 heavy (non-hydrogen) atoms. The second-order valence-electron chi connectivity index (χ2n) is 7.20. The van der Waals surface area contributed by atoms with Crippen LogP contribution in [0.3, 0.4) is 0 Å². The number of rotatable bonds is 4. The van der Waals surface area contributed by atoms with Crippen molar-refractivity contribution in [2.75, 3.05) is 0 Å². The number of carboxylic acids is 1. The molecule has 2 rings (SSSR count). The van der Waals surface area contributed by atoms with E-state index in [1.807, 2.05) is 6.08 Å². The number of aliphatic carboxylic acids is 1. The zero-order valence-electron chi connectivity index (χ0n) is 14.8. The van der Waals surface area contributed by atoms with Crippen molar-refractivity contribution in [1.82, 2.24) is 0 Å². The zero-order chi connectivity index (χ0) is 18.6. The van der Waals surface area contributed by atoms with Crippen molar-refractivity contribution in [3.05, 3.63) is 47.6 Å². The molecule has 0 spiro atoms. The van der Waals surface area contributed by atoms with Gasteiger partial charge in [0, 0.05) is 5.57 Å². The van der Waals surface area contributed by atoms with Crippen LogP contribution in [-0.4, -0.2) is 28.4 Å². The van der Waals surface area contributed by atoms with E-state index in [4.69, 9.17) is 4.74 Å². The van der Waals surface area contributed by atoms with Gasteiger partial charge in [0.15, 0.2) is 0 Å². The van der Waals surface area contributed by atoms with Crippen molar-refractivity contribution in [2.45, 2.75) is 52.2 Å². The first-order valence-electron chi connectivity index (χ1n) is 8.61. The molecule has 0 fully saturated rings. The molecule has 1 aliphatic heterocycles. The van der Waals surface area contributed by atoms with Gasteiger partial charge < -0.3 is 14.9 Å². The SMILES string of the molecule is C=C1CC[C@@H](C)[C@](C)(CCC2=CC(O)OC2=O)C/C=C\C=C/1C(=O)O. The Morgan fingerprint density at radius 2 is 2.20 bits per heavy atom. The maximum Gasteiger partial charge on any atom is 0.336 e. The molecule has 5 heteroatoms. The monoisotopic (exact) mass is 346 g/mol. The number of carbonyl (C=O) groups is 2. The van der Waals surface area contributed by atoms with Crippen molar-refractivity contribution in [1.29, 1.82) is 0 Å². The molecular formula is C20H26O5. The summed E-state index contributed by atoms with van der Waals surface area (Å²) >= 11 is 0. The summed E-state index contributed by atoms with van der Waals surface area (Å²) in [5, 5.41) is 18.7. The van der Waals surface area contributed by atoms with Crippen molar-refractivity contribution in [3.8, 4) is 0 Å². The van der Waals surface area contributed by atoms with Crippen molar-refractivity contribution in [3.63, 3.8) is 0 Å². The van der Waals surface area contributed by atoms with Crippen LogP contribution in [0.2, 0.25) is 0 Å². The van der Waals surface area contributed by atoms with E-state index < -0.39 is 18.2 Å². The van der Waals surface area contributed by atoms with Crippen LogP contribution in [0.5, 0.6) is 0 Å². The molecule has 0 saturated heterocycles. The van der Waals surface area contributed by atoms with Crippen molar-refractivity contribution < 1.29 is 24.5 Å². The molecule has 136 valence electrons. The Hall–Kier alpha value is -2.14. The van der Waals surface area contributed by atoms with Crippen LogP contribution in [-0.2, 0) is 14.3 Å². The second kappa shape index (κ2) is 7.83. The number of carbonyl (C=O) groups excluding carboxylic acids is 1. The van der Waals surface area contributed by atoms with E-state index >= 15 is 0 Å². The van der Waals surface area contributed by atoms with Gasteiger partial charge in [-0.25, -0.2) is 9.59 Å². The van der Waals surface area contributed by atoms with Gasteiger partial charge in [-0.1, -0.05) is 32.6 Å². The summed E-state index contributed by atoms with van der Waals surface area (Å²) < 4.78 is 4.74. The predicted molar refractivity (Wildman–Crippen MR) is 94.5 cm³/mol. The molecular weight excluding hydrogens is 320 g/mol. The number of carboxylic acid groups (broad SMARTS) is 1. The first-order valence-corrected chi connectivity index (χ1v) is 8.61. The Labute approximate surface area is 148 Å². The summed E-state index contributed by atoms with van der Waals surface area (Å²) in [7, 11) is 0. The highest BCUT2D eigenvalue weighted by Gasteiger charge is 2.32. The fraction of sp³-hybridized carbons (Fsp3) is 0.500. The molecule has 0 radical (unpaired) electrons. The number of aliphatic hydroxyl groups is 1. The second-order valence-corrected chi connectivity index (χ2v) is 7.20. The minimum atomic E-state index is -1.13. The third kappa shape index (κ3) is 4.69. The van der Waals surface area contributed by atoms with Crippen LogP contribution in [0.4, 0.5) is 0 Å². The third-order valence-corrected chi connectivity index (χ3v) is 5.46. The smallest absolute Gasteiger partial charge is 0.336 e. The van der Waals surface area contributed by atoms with E-state index in [0.717, 1.165) is 19.3 Å². The van der Waals surface area contributed by atoms with E-state index in [0.29, 0.717) is 29.9 Å². The van der Waals surface area contributed by atoms with Crippen molar-refractivity contribution in [2.24, 2.45) is 11.3 Å². The normalized spacial score (nSPS) is 33.9. The minimum Gasteiger partial charge on any atom is -0.478 e. The molecule has 0 aromatic rings. The largest absolute Gasteiger partial charge is 0.478 e. The average molecular weight is 346 g/mol. The zero-order valence-corrected chi connectivity index (χ0v) is 14.8. The number of allylic oxidation sites excluding steroid dienone is 3. The van der Waals surface area contributed by atoms with Crippen LogP contribution < -0.4 is 0 Å². The van der Waals surface area contributed by atoms with Gasteiger partial charge in [-0.05, 0) is 61.2 Å². The van der Waals surface area contributed by atoms with Crippen LogP contribution in [0.15, 0.2) is 47.6 Å². The van der Waals surface area contributed by atoms with Crippen LogP contribution >= 0.6 is 0 Å². The van der Waals surface area contributed by atoms with Crippen LogP contribution in [0.1, 0.15) is 46.0 Å². The standard InChI is InChI=1S/C20H26O5/c1-13-7-8-14(2)20(3,10-5-4-6-16(13)18(22)23)11-9-15-12-17(21)25-19(15)24/h4-6,12,14,17,21H,1,7-11H2,2-3H3,(H,22,23)/b5-4-,16-6+/t14-,17?,20+/m1/s1. The van der Waals surface area contributed by atoms with Gasteiger partial charge in [-0.15, -0.1) is 0 Å². The van der Waals surface area contributed by atoms with Crippen LogP contribution in [0, 0.1) is 11.3 Å². The molecule has 0 aromatic carbocycles. The summed E-state index contributed by atoms with van der Waals surface area (Å²) in [5.41, 5.74) is 1.39. The molecule has 1 heterocycles. The maximum atomic E-state index is 11.7. The highest BCUT2D eigenvalue weighted by molar-refractivity contribution is 5.92. The summed E-state index contributed by atoms with van der Waals surface area (Å²) in [6, 6.07) is 0. The van der Waals surface area contributed by atoms with E-state index in [1.165, 1.54) is 6.08 Å². The number of aliphatic hydroxyl groups excluding tert-OH is 1. The lowest BCUT2D eigenvalue weighted by molar-refractivity contribution is -0.151. The van der Waals surface area contributed by atoms with Gasteiger partial charge in [0.05, 0.1) is 5.57 Å². The Morgan fingerprint density at radius 1 is 1.48 bits per heavy atom. The van der Waals surface area contributed by atoms with Gasteiger partial charge in [0.1, 0.15) is 0 Å². The Bertz CT molecular complexity index is 655. The molecule has 2 aliphatic rings. The molecule has 3 atom stereocenters. The molecule has 5 nitrogen and oxygen atoms in total. The predicted octanol–water partition coefficient (Wildman–Crippen LogP) is 3.52. The van der Waals surface area contributed by atoms with E-state index in [2.05, 4.69) is 20.4 Å². The summed E-state index contributed by atoms with van der Waals surface area (Å²) in [5.74, 6) is -1.07. The van der Waals surface area contributed by atoms with E-state index in [-0.39, 0.29) is 11.0 Å². The lowest BCUT2D eigenvalue weighted by atomic mass is 9.69. The van der Waals surface area contributed by atoms with Crippen LogP contribution in [0.25, 0.3) is 0 Å². The van der Waals surface area contributed by atoms with Gasteiger partial charge in [-0.3, -0.25) is 0 Å². The van der Waals surface area contributed by atoms with Gasteiger partial charge >= 0.3 is 11.9 Å². The first kappa shape index (κ1) is 19.2. The number of hydrogen-bond donors (Lipinski definition) is 2. The Morgan fingerprint density at radius 3 is 2.80 bits per heavy atom. The quantitative estimate of drug-likeness (QED) is 0.761. The summed E-state index contributed by atoms with van der Waals surface area (Å²) in [6.07, 6.45) is 9.30. The van der Waals surface area contributed by atoms with Gasteiger partial charge in [-0.2, -0.15) is 0 Å². The number of cyclic esters (lactones) is 1. The Kier molecular flexibility index (Phi) is 6.01. The minimum absolute atomic E-state index is 0.0417. The highest BCUT2D eigenvalue weighted by atomic mass is 16.6. The van der Waals surface area contributed by atoms with Gasteiger partial charge in [0.2, 0.25) is 6.29 Å². The number of ether oxygens (including phenoxy) is 1.